The van der Waals surface area contributed by atoms with Crippen LogP contribution >= 0.6 is 23.4 Å². The lowest BCUT2D eigenvalue weighted by Gasteiger charge is -2.21. The minimum Gasteiger partial charge on any atom is -0.466 e. The monoisotopic (exact) mass is 390 g/mol. The van der Waals surface area contributed by atoms with Crippen LogP contribution < -0.4 is 0 Å². The molecular formula is C21H23ClO3S. The highest BCUT2D eigenvalue weighted by atomic mass is 35.5. The zero-order valence-corrected chi connectivity index (χ0v) is 17.0. The van der Waals surface area contributed by atoms with Crippen LogP contribution in [0.4, 0.5) is 0 Å². The Balaban J connectivity index is 2.33. The number of carbonyl (C=O) groups is 2. The molecule has 5 heteroatoms. The number of esters is 1. The molecule has 138 valence electrons. The van der Waals surface area contributed by atoms with E-state index in [1.54, 1.807) is 31.2 Å². The molecule has 0 N–H and O–H groups in total. The van der Waals surface area contributed by atoms with Crippen molar-refractivity contribution in [3.63, 3.8) is 0 Å². The van der Waals surface area contributed by atoms with Crippen molar-refractivity contribution in [1.82, 2.24) is 0 Å². The fourth-order valence-electron chi connectivity index (χ4n) is 2.43. The summed E-state index contributed by atoms with van der Waals surface area (Å²) in [5.74, 6) is -0.296. The summed E-state index contributed by atoms with van der Waals surface area (Å²) in [5, 5.41) is 0.410. The Labute approximate surface area is 164 Å². The van der Waals surface area contributed by atoms with E-state index in [-0.39, 0.29) is 22.9 Å². The summed E-state index contributed by atoms with van der Waals surface area (Å²) in [5.41, 5.74) is 2.39. The second-order valence-corrected chi connectivity index (χ2v) is 8.41. The molecule has 26 heavy (non-hydrogen) atoms. The van der Waals surface area contributed by atoms with Gasteiger partial charge in [0.15, 0.2) is 0 Å². The van der Waals surface area contributed by atoms with Crippen molar-refractivity contribution in [3.05, 3.63) is 64.2 Å². The molecule has 0 amide bonds. The van der Waals surface area contributed by atoms with Crippen LogP contribution in [0.25, 0.3) is 0 Å². The molecular weight excluding hydrogens is 368 g/mol. The molecule has 0 spiro atoms. The molecule has 0 fully saturated rings. The van der Waals surface area contributed by atoms with Crippen molar-refractivity contribution in [2.45, 2.75) is 44.4 Å². The zero-order chi connectivity index (χ0) is 19.3. The van der Waals surface area contributed by atoms with Gasteiger partial charge >= 0.3 is 5.97 Å². The van der Waals surface area contributed by atoms with Crippen LogP contribution in [0.1, 0.15) is 49.2 Å². The first kappa shape index (κ1) is 20.5. The minimum atomic E-state index is -0.296. The van der Waals surface area contributed by atoms with E-state index in [1.807, 2.05) is 18.2 Å². The second kappa shape index (κ2) is 8.74. The average molecular weight is 391 g/mol. The standard InChI is InChI=1S/C21H23ClO3S/c1-5-25-19(23)13-15-11-16(21(2,3)4)9-10-18(15)26-20(24)14-7-6-8-17(22)12-14/h6-12H,5,13H2,1-4H3. The van der Waals surface area contributed by atoms with Gasteiger partial charge < -0.3 is 4.74 Å². The molecule has 0 bridgehead atoms. The minimum absolute atomic E-state index is 0.0520. The molecule has 0 radical (unpaired) electrons. The van der Waals surface area contributed by atoms with Gasteiger partial charge in [0.05, 0.1) is 13.0 Å². The van der Waals surface area contributed by atoms with E-state index in [0.717, 1.165) is 27.8 Å². The third kappa shape index (κ3) is 5.61. The number of hydrogen-bond acceptors (Lipinski definition) is 4. The molecule has 0 aromatic heterocycles. The van der Waals surface area contributed by atoms with Crippen LogP contribution in [0.5, 0.6) is 0 Å². The predicted octanol–water partition coefficient (Wildman–Crippen LogP) is 5.68. The highest BCUT2D eigenvalue weighted by Gasteiger charge is 2.19. The Kier molecular flexibility index (Phi) is 6.90. The largest absolute Gasteiger partial charge is 0.466 e. The first-order valence-corrected chi connectivity index (χ1v) is 9.67. The van der Waals surface area contributed by atoms with Crippen molar-refractivity contribution < 1.29 is 14.3 Å². The lowest BCUT2D eigenvalue weighted by molar-refractivity contribution is -0.142. The quantitative estimate of drug-likeness (QED) is 0.487. The van der Waals surface area contributed by atoms with Gasteiger partial charge in [-0.25, -0.2) is 0 Å². The molecule has 3 nitrogen and oxygen atoms in total. The average Bonchev–Trinajstić information content (AvgIpc) is 2.55. The van der Waals surface area contributed by atoms with Gasteiger partial charge in [-0.05, 0) is 53.4 Å². The highest BCUT2D eigenvalue weighted by molar-refractivity contribution is 8.14. The van der Waals surface area contributed by atoms with Crippen LogP contribution in [-0.4, -0.2) is 17.7 Å². The van der Waals surface area contributed by atoms with Gasteiger partial charge in [0.1, 0.15) is 0 Å². The third-order valence-corrected chi connectivity index (χ3v) is 5.10. The Morgan fingerprint density at radius 2 is 1.85 bits per heavy atom. The van der Waals surface area contributed by atoms with E-state index in [2.05, 4.69) is 20.8 Å². The smallest absolute Gasteiger partial charge is 0.310 e. The lowest BCUT2D eigenvalue weighted by atomic mass is 9.86. The first-order valence-electron chi connectivity index (χ1n) is 8.47. The van der Waals surface area contributed by atoms with Gasteiger partial charge in [-0.2, -0.15) is 0 Å². The molecule has 0 saturated carbocycles. The Morgan fingerprint density at radius 3 is 2.46 bits per heavy atom. The molecule has 0 saturated heterocycles. The van der Waals surface area contributed by atoms with Crippen LogP contribution in [0.2, 0.25) is 5.02 Å². The van der Waals surface area contributed by atoms with Crippen molar-refractivity contribution in [1.29, 1.82) is 0 Å². The van der Waals surface area contributed by atoms with Gasteiger partial charge in [0, 0.05) is 15.5 Å². The van der Waals surface area contributed by atoms with Gasteiger partial charge in [-0.3, -0.25) is 9.59 Å². The summed E-state index contributed by atoms with van der Waals surface area (Å²) < 4.78 is 5.08. The summed E-state index contributed by atoms with van der Waals surface area (Å²) in [6, 6.07) is 12.8. The molecule has 2 rings (SSSR count). The van der Waals surface area contributed by atoms with Crippen LogP contribution in [0.15, 0.2) is 47.4 Å². The first-order chi connectivity index (χ1) is 12.2. The summed E-state index contributed by atoms with van der Waals surface area (Å²) in [7, 11) is 0. The topological polar surface area (TPSA) is 43.4 Å². The molecule has 0 aliphatic heterocycles. The van der Waals surface area contributed by atoms with E-state index in [9.17, 15) is 9.59 Å². The number of halogens is 1. The number of carbonyl (C=O) groups excluding carboxylic acids is 2. The molecule has 0 aliphatic rings. The maximum atomic E-state index is 12.6. The van der Waals surface area contributed by atoms with E-state index in [0.29, 0.717) is 17.2 Å². The normalized spacial score (nSPS) is 11.3. The van der Waals surface area contributed by atoms with Crippen LogP contribution in [0, 0.1) is 0 Å². The summed E-state index contributed by atoms with van der Waals surface area (Å²) in [6.07, 6.45) is 0.142. The highest BCUT2D eigenvalue weighted by Crippen LogP contribution is 2.32. The number of ether oxygens (including phenoxy) is 1. The van der Waals surface area contributed by atoms with E-state index >= 15 is 0 Å². The van der Waals surface area contributed by atoms with Gasteiger partial charge in [0.25, 0.3) is 0 Å². The Morgan fingerprint density at radius 1 is 1.12 bits per heavy atom. The molecule has 0 unspecified atom stereocenters. The third-order valence-electron chi connectivity index (χ3n) is 3.83. The number of hydrogen-bond donors (Lipinski definition) is 0. The van der Waals surface area contributed by atoms with Crippen LogP contribution in [0.3, 0.4) is 0 Å². The maximum Gasteiger partial charge on any atom is 0.310 e. The number of benzene rings is 2. The van der Waals surface area contributed by atoms with Crippen molar-refractivity contribution >= 4 is 34.4 Å². The molecule has 2 aromatic carbocycles. The summed E-state index contributed by atoms with van der Waals surface area (Å²) in [6.45, 7) is 8.45. The van der Waals surface area contributed by atoms with Gasteiger partial charge in [-0.15, -0.1) is 0 Å². The van der Waals surface area contributed by atoms with Crippen molar-refractivity contribution in [2.75, 3.05) is 6.61 Å². The summed E-state index contributed by atoms with van der Waals surface area (Å²) in [4.78, 5) is 25.4. The SMILES string of the molecule is CCOC(=O)Cc1cc(C(C)(C)C)ccc1SC(=O)c1cccc(Cl)c1. The Bertz CT molecular complexity index is 809. The fraction of sp³-hybridized carbons (Fsp3) is 0.333. The van der Waals surface area contributed by atoms with Gasteiger partial charge in [-0.1, -0.05) is 56.6 Å². The fourth-order valence-corrected chi connectivity index (χ4v) is 3.46. The number of thioether (sulfide) groups is 1. The van der Waals surface area contributed by atoms with Crippen LogP contribution in [-0.2, 0) is 21.4 Å². The molecule has 2 aromatic rings. The molecule has 0 aliphatic carbocycles. The predicted molar refractivity (Wildman–Crippen MR) is 107 cm³/mol. The maximum absolute atomic E-state index is 12.6. The lowest BCUT2D eigenvalue weighted by Crippen LogP contribution is -2.14. The number of rotatable bonds is 5. The molecule has 0 heterocycles. The van der Waals surface area contributed by atoms with E-state index in [4.69, 9.17) is 16.3 Å². The second-order valence-electron chi connectivity index (χ2n) is 6.95. The molecule has 0 atom stereocenters. The van der Waals surface area contributed by atoms with Gasteiger partial charge in [0.2, 0.25) is 5.12 Å². The Hall–Kier alpha value is -1.78. The van der Waals surface area contributed by atoms with E-state index in [1.165, 1.54) is 0 Å². The zero-order valence-electron chi connectivity index (χ0n) is 15.5. The van der Waals surface area contributed by atoms with E-state index < -0.39 is 0 Å². The summed E-state index contributed by atoms with van der Waals surface area (Å²) >= 11 is 7.08. The van der Waals surface area contributed by atoms with Crippen molar-refractivity contribution in [3.8, 4) is 0 Å². The van der Waals surface area contributed by atoms with Crippen molar-refractivity contribution in [2.24, 2.45) is 0 Å².